The predicted octanol–water partition coefficient (Wildman–Crippen LogP) is 4.81. The van der Waals surface area contributed by atoms with E-state index in [1.54, 1.807) is 0 Å². The average Bonchev–Trinajstić information content (AvgIpc) is 3.29. The van der Waals surface area contributed by atoms with Crippen LogP contribution in [-0.2, 0) is 12.7 Å². The zero-order valence-corrected chi connectivity index (χ0v) is 16.5. The van der Waals surface area contributed by atoms with E-state index in [2.05, 4.69) is 47.4 Å². The molecule has 2 heterocycles. The van der Waals surface area contributed by atoms with E-state index in [9.17, 15) is 18.0 Å². The second kappa shape index (κ2) is 9.63. The smallest absolute Gasteiger partial charge is 0.371 e. The summed E-state index contributed by atoms with van der Waals surface area (Å²) >= 11 is 0. The Morgan fingerprint density at radius 2 is 1.63 bits per heavy atom. The van der Waals surface area contributed by atoms with Crippen LogP contribution in [0.1, 0.15) is 24.0 Å². The van der Waals surface area contributed by atoms with E-state index in [4.69, 9.17) is 5.73 Å². The molecule has 30 heavy (non-hydrogen) atoms. The first-order valence-electron chi connectivity index (χ1n) is 9.78. The van der Waals surface area contributed by atoms with Crippen LogP contribution in [0.15, 0.2) is 71.7 Å². The van der Waals surface area contributed by atoms with Gasteiger partial charge in [-0.15, -0.1) is 0 Å². The molecule has 7 heteroatoms. The molecule has 4 nitrogen and oxygen atoms in total. The topological polar surface area (TPSA) is 62.1 Å². The molecular weight excluding hydrogens is 391 g/mol. The van der Waals surface area contributed by atoms with Crippen molar-refractivity contribution in [2.45, 2.75) is 25.6 Å². The second-order valence-electron chi connectivity index (χ2n) is 7.05. The zero-order chi connectivity index (χ0) is 21.6. The number of alkyl halides is 3. The van der Waals surface area contributed by atoms with Gasteiger partial charge >= 0.3 is 6.18 Å². The molecule has 0 saturated carbocycles. The van der Waals surface area contributed by atoms with Crippen LogP contribution in [0, 0.1) is 0 Å². The molecule has 0 bridgehead atoms. The number of benzene rings is 2. The molecule has 0 aliphatic carbocycles. The number of aromatic nitrogens is 1. The lowest BCUT2D eigenvalue weighted by Gasteiger charge is -2.21. The van der Waals surface area contributed by atoms with Gasteiger partial charge < -0.3 is 15.6 Å². The van der Waals surface area contributed by atoms with Gasteiger partial charge in [0.05, 0.1) is 5.56 Å². The number of nitrogens with two attached hydrogens (primary N) is 1. The monoisotopic (exact) mass is 415 g/mol. The van der Waals surface area contributed by atoms with E-state index < -0.39 is 17.3 Å². The Hall–Kier alpha value is -3.06. The van der Waals surface area contributed by atoms with Crippen LogP contribution in [0.25, 0.3) is 11.1 Å². The normalized spacial score (nSPS) is 13.7. The molecule has 1 fully saturated rings. The third-order valence-electron chi connectivity index (χ3n) is 4.96. The molecule has 158 valence electrons. The van der Waals surface area contributed by atoms with Gasteiger partial charge in [0.25, 0.3) is 0 Å². The SMILES string of the molecule is NCc1cc(-c2ccccc2)ccc1N1CCCC1.O=c1ccc(C(F)(F)F)c[nH]1. The summed E-state index contributed by atoms with van der Waals surface area (Å²) in [5.74, 6) is 0. The molecule has 0 unspecified atom stereocenters. The van der Waals surface area contributed by atoms with Crippen LogP contribution < -0.4 is 16.2 Å². The number of hydrogen-bond acceptors (Lipinski definition) is 3. The van der Waals surface area contributed by atoms with Crippen molar-refractivity contribution in [3.63, 3.8) is 0 Å². The van der Waals surface area contributed by atoms with Crippen molar-refractivity contribution in [1.29, 1.82) is 0 Å². The van der Waals surface area contributed by atoms with E-state index >= 15 is 0 Å². The maximum Gasteiger partial charge on any atom is 0.417 e. The van der Waals surface area contributed by atoms with E-state index in [-0.39, 0.29) is 0 Å². The molecule has 0 spiro atoms. The number of pyridine rings is 1. The van der Waals surface area contributed by atoms with Crippen molar-refractivity contribution in [2.75, 3.05) is 18.0 Å². The summed E-state index contributed by atoms with van der Waals surface area (Å²) in [7, 11) is 0. The Morgan fingerprint density at radius 1 is 0.933 bits per heavy atom. The minimum absolute atomic E-state index is 0.544. The van der Waals surface area contributed by atoms with Crippen molar-refractivity contribution >= 4 is 5.69 Å². The Bertz CT molecular complexity index is 990. The minimum Gasteiger partial charge on any atom is -0.371 e. The van der Waals surface area contributed by atoms with Gasteiger partial charge in [-0.25, -0.2) is 0 Å². The molecule has 1 aliphatic heterocycles. The molecule has 3 N–H and O–H groups in total. The highest BCUT2D eigenvalue weighted by molar-refractivity contribution is 5.69. The van der Waals surface area contributed by atoms with Gasteiger partial charge in [-0.1, -0.05) is 36.4 Å². The Morgan fingerprint density at radius 3 is 2.20 bits per heavy atom. The van der Waals surface area contributed by atoms with Crippen molar-refractivity contribution in [1.82, 2.24) is 4.98 Å². The lowest BCUT2D eigenvalue weighted by atomic mass is 10.0. The average molecular weight is 415 g/mol. The van der Waals surface area contributed by atoms with E-state index in [1.165, 1.54) is 35.2 Å². The molecule has 0 radical (unpaired) electrons. The standard InChI is InChI=1S/C17H20N2.C6H4F3NO/c18-13-16-12-15(14-6-2-1-3-7-14)8-9-17(16)19-10-4-5-11-19;7-6(8,9)4-1-2-5(11)10-3-4/h1-3,6-9,12H,4-5,10-11,13,18H2;1-3H,(H,10,11). The second-order valence-corrected chi connectivity index (χ2v) is 7.05. The number of H-pyrrole nitrogens is 1. The molecule has 1 aromatic heterocycles. The highest BCUT2D eigenvalue weighted by Gasteiger charge is 2.30. The van der Waals surface area contributed by atoms with Gasteiger partial charge in [0, 0.05) is 37.6 Å². The molecule has 2 aromatic carbocycles. The van der Waals surface area contributed by atoms with Gasteiger partial charge in [0.2, 0.25) is 5.56 Å². The molecule has 1 aliphatic rings. The van der Waals surface area contributed by atoms with Crippen LogP contribution in [0.3, 0.4) is 0 Å². The lowest BCUT2D eigenvalue weighted by molar-refractivity contribution is -0.137. The number of hydrogen-bond donors (Lipinski definition) is 2. The summed E-state index contributed by atoms with van der Waals surface area (Å²) in [6.45, 7) is 2.93. The van der Waals surface area contributed by atoms with Crippen LogP contribution >= 0.6 is 0 Å². The van der Waals surface area contributed by atoms with Gasteiger partial charge in [-0.05, 0) is 47.7 Å². The number of aromatic amines is 1. The number of anilines is 1. The van der Waals surface area contributed by atoms with Crippen molar-refractivity contribution in [2.24, 2.45) is 5.73 Å². The first-order chi connectivity index (χ1) is 14.4. The molecular formula is C23H24F3N3O. The fourth-order valence-corrected chi connectivity index (χ4v) is 3.41. The highest BCUT2D eigenvalue weighted by Crippen LogP contribution is 2.29. The third-order valence-corrected chi connectivity index (χ3v) is 4.96. The molecule has 0 atom stereocenters. The lowest BCUT2D eigenvalue weighted by Crippen LogP contribution is -2.20. The third kappa shape index (κ3) is 5.51. The number of nitrogens with zero attached hydrogens (tertiary/aromatic N) is 1. The number of rotatable bonds is 3. The summed E-state index contributed by atoms with van der Waals surface area (Å²) in [4.78, 5) is 14.7. The van der Waals surface area contributed by atoms with Crippen LogP contribution in [-0.4, -0.2) is 18.1 Å². The van der Waals surface area contributed by atoms with Crippen LogP contribution in [0.4, 0.5) is 18.9 Å². The fraction of sp³-hybridized carbons (Fsp3) is 0.261. The number of nitrogens with one attached hydrogen (secondary N) is 1. The minimum atomic E-state index is -4.38. The Balaban J connectivity index is 0.000000199. The molecule has 3 aromatic rings. The maximum absolute atomic E-state index is 11.8. The molecule has 0 amide bonds. The van der Waals surface area contributed by atoms with Crippen molar-refractivity contribution in [3.05, 3.63) is 88.3 Å². The zero-order valence-electron chi connectivity index (χ0n) is 16.5. The summed E-state index contributed by atoms with van der Waals surface area (Å²) < 4.78 is 35.4. The van der Waals surface area contributed by atoms with E-state index in [1.807, 2.05) is 11.1 Å². The van der Waals surface area contributed by atoms with Gasteiger partial charge in [0.15, 0.2) is 0 Å². The summed E-state index contributed by atoms with van der Waals surface area (Å²) in [6.07, 6.45) is -1.15. The Labute approximate surface area is 173 Å². The largest absolute Gasteiger partial charge is 0.417 e. The highest BCUT2D eigenvalue weighted by atomic mass is 19.4. The summed E-state index contributed by atoms with van der Waals surface area (Å²) in [6, 6.07) is 18.7. The van der Waals surface area contributed by atoms with Crippen LogP contribution in [0.5, 0.6) is 0 Å². The van der Waals surface area contributed by atoms with Crippen molar-refractivity contribution in [3.8, 4) is 11.1 Å². The predicted molar refractivity (Wildman–Crippen MR) is 113 cm³/mol. The molecule has 1 saturated heterocycles. The first kappa shape index (κ1) is 21.6. The number of halogens is 3. The Kier molecular flexibility index (Phi) is 6.95. The quantitative estimate of drug-likeness (QED) is 0.646. The van der Waals surface area contributed by atoms with E-state index in [0.29, 0.717) is 12.7 Å². The van der Waals surface area contributed by atoms with E-state index in [0.717, 1.165) is 25.2 Å². The first-order valence-corrected chi connectivity index (χ1v) is 9.78. The summed E-state index contributed by atoms with van der Waals surface area (Å²) in [5.41, 5.74) is 9.63. The van der Waals surface area contributed by atoms with Crippen molar-refractivity contribution < 1.29 is 13.2 Å². The summed E-state index contributed by atoms with van der Waals surface area (Å²) in [5, 5.41) is 0. The maximum atomic E-state index is 11.8. The fourth-order valence-electron chi connectivity index (χ4n) is 3.41. The molecule has 4 rings (SSSR count). The van der Waals surface area contributed by atoms with Gasteiger partial charge in [0.1, 0.15) is 0 Å². The van der Waals surface area contributed by atoms with Gasteiger partial charge in [-0.2, -0.15) is 13.2 Å². The van der Waals surface area contributed by atoms with Gasteiger partial charge in [-0.3, -0.25) is 4.79 Å². The van der Waals surface area contributed by atoms with Crippen LogP contribution in [0.2, 0.25) is 0 Å².